The summed E-state index contributed by atoms with van der Waals surface area (Å²) in [5, 5.41) is 6.21. The van der Waals surface area contributed by atoms with E-state index in [0.29, 0.717) is 12.5 Å². The molecule has 0 unspecified atom stereocenters. The zero-order valence-corrected chi connectivity index (χ0v) is 14.3. The average Bonchev–Trinajstić information content (AvgIpc) is 2.61. The number of hydrazine groups is 1. The Morgan fingerprint density at radius 3 is 2.52 bits per heavy atom. The minimum absolute atomic E-state index is 0.546. The quantitative estimate of drug-likeness (QED) is 0.742. The Bertz CT molecular complexity index is 540. The Morgan fingerprint density at radius 1 is 1.09 bits per heavy atom. The highest BCUT2D eigenvalue weighted by atomic mass is 16.5. The predicted molar refractivity (Wildman–Crippen MR) is 93.4 cm³/mol. The van der Waals surface area contributed by atoms with Crippen molar-refractivity contribution >= 4 is 11.5 Å². The molecule has 1 aromatic carbocycles. The number of unbranched alkanes of at least 4 members (excludes halogenated alkanes) is 3. The summed E-state index contributed by atoms with van der Waals surface area (Å²) in [5.74, 6) is 1.33. The fraction of sp³-hybridized carbons (Fsp3) is 0.500. The summed E-state index contributed by atoms with van der Waals surface area (Å²) in [4.78, 5) is 0. The Labute approximate surface area is 138 Å². The van der Waals surface area contributed by atoms with Crippen LogP contribution in [0, 0.1) is 0 Å². The van der Waals surface area contributed by atoms with Gasteiger partial charge in [-0.1, -0.05) is 56.5 Å². The van der Waals surface area contributed by atoms with Gasteiger partial charge in [0.1, 0.15) is 5.57 Å². The van der Waals surface area contributed by atoms with Crippen molar-refractivity contribution in [2.75, 3.05) is 20.3 Å². The van der Waals surface area contributed by atoms with Gasteiger partial charge in [-0.3, -0.25) is 0 Å². The minimum atomic E-state index is 0.546. The fourth-order valence-corrected chi connectivity index (χ4v) is 2.50. The highest BCUT2D eigenvalue weighted by Gasteiger charge is 2.26. The third-order valence-electron chi connectivity index (χ3n) is 3.75. The molecule has 5 nitrogen and oxygen atoms in total. The van der Waals surface area contributed by atoms with E-state index < -0.39 is 0 Å². The molecule has 0 saturated heterocycles. The van der Waals surface area contributed by atoms with Crippen molar-refractivity contribution in [3.63, 3.8) is 0 Å². The second kappa shape index (κ2) is 9.08. The molecule has 5 heteroatoms. The van der Waals surface area contributed by atoms with Gasteiger partial charge in [-0.15, -0.1) is 5.10 Å². The zero-order chi connectivity index (χ0) is 16.5. The molecule has 2 rings (SSSR count). The molecule has 0 bridgehead atoms. The molecule has 126 valence electrons. The summed E-state index contributed by atoms with van der Waals surface area (Å²) in [6, 6.07) is 10.1. The molecule has 1 heterocycles. The van der Waals surface area contributed by atoms with Crippen LogP contribution in [-0.4, -0.2) is 31.2 Å². The van der Waals surface area contributed by atoms with Gasteiger partial charge in [0.05, 0.1) is 13.7 Å². The SMILES string of the molecule is CCCCCCOC1=C(c2ccccc2)C(OC)=NNN1CC. The van der Waals surface area contributed by atoms with E-state index in [0.717, 1.165) is 30.0 Å². The van der Waals surface area contributed by atoms with E-state index in [4.69, 9.17) is 9.47 Å². The number of ether oxygens (including phenoxy) is 2. The first-order valence-corrected chi connectivity index (χ1v) is 8.39. The van der Waals surface area contributed by atoms with Crippen LogP contribution in [0.15, 0.2) is 41.3 Å². The van der Waals surface area contributed by atoms with Crippen molar-refractivity contribution in [3.05, 3.63) is 41.8 Å². The fourth-order valence-electron chi connectivity index (χ4n) is 2.50. The lowest BCUT2D eigenvalue weighted by molar-refractivity contribution is 0.0795. The van der Waals surface area contributed by atoms with Crippen molar-refractivity contribution < 1.29 is 9.47 Å². The molecule has 0 saturated carbocycles. The molecule has 0 aliphatic carbocycles. The van der Waals surface area contributed by atoms with Crippen molar-refractivity contribution in [1.29, 1.82) is 0 Å². The van der Waals surface area contributed by atoms with Crippen LogP contribution in [0.25, 0.3) is 5.57 Å². The third-order valence-corrected chi connectivity index (χ3v) is 3.75. The number of benzene rings is 1. The summed E-state index contributed by atoms with van der Waals surface area (Å²) in [6.07, 6.45) is 4.71. The predicted octanol–water partition coefficient (Wildman–Crippen LogP) is 3.75. The van der Waals surface area contributed by atoms with Gasteiger partial charge in [-0.2, -0.15) is 0 Å². The van der Waals surface area contributed by atoms with Gasteiger partial charge < -0.3 is 9.47 Å². The summed E-state index contributed by atoms with van der Waals surface area (Å²) in [5.41, 5.74) is 4.92. The van der Waals surface area contributed by atoms with Crippen molar-refractivity contribution in [1.82, 2.24) is 10.5 Å². The van der Waals surface area contributed by atoms with Crippen LogP contribution in [-0.2, 0) is 9.47 Å². The summed E-state index contributed by atoms with van der Waals surface area (Å²) in [7, 11) is 1.63. The van der Waals surface area contributed by atoms with Gasteiger partial charge in [0.15, 0.2) is 0 Å². The van der Waals surface area contributed by atoms with Gasteiger partial charge in [0.2, 0.25) is 11.8 Å². The van der Waals surface area contributed by atoms with E-state index in [1.165, 1.54) is 19.3 Å². The molecule has 0 amide bonds. The number of methoxy groups -OCH3 is 1. The maximum atomic E-state index is 6.11. The highest BCUT2D eigenvalue weighted by molar-refractivity contribution is 6.20. The highest BCUT2D eigenvalue weighted by Crippen LogP contribution is 2.26. The second-order valence-corrected chi connectivity index (χ2v) is 5.42. The van der Waals surface area contributed by atoms with Crippen LogP contribution >= 0.6 is 0 Å². The molecule has 1 N–H and O–H groups in total. The minimum Gasteiger partial charge on any atom is -0.479 e. The number of hydrogen-bond donors (Lipinski definition) is 1. The summed E-state index contributed by atoms with van der Waals surface area (Å²) in [6.45, 7) is 5.72. The molecule has 1 aliphatic heterocycles. The lowest BCUT2D eigenvalue weighted by atomic mass is 10.1. The van der Waals surface area contributed by atoms with Crippen molar-refractivity contribution in [2.45, 2.75) is 39.5 Å². The van der Waals surface area contributed by atoms with E-state index in [1.54, 1.807) is 7.11 Å². The standard InChI is InChI=1S/C18H27N3O2/c1-4-6-7-11-14-23-18-16(15-12-9-8-10-13-15)17(22-3)19-20-21(18)5-2/h8-10,12-13,20H,4-7,11,14H2,1-3H3. The van der Waals surface area contributed by atoms with Crippen molar-refractivity contribution in [2.24, 2.45) is 5.10 Å². The second-order valence-electron chi connectivity index (χ2n) is 5.42. The van der Waals surface area contributed by atoms with Crippen LogP contribution in [0.5, 0.6) is 0 Å². The lowest BCUT2D eigenvalue weighted by Gasteiger charge is -2.31. The largest absolute Gasteiger partial charge is 0.479 e. The monoisotopic (exact) mass is 317 g/mol. The molecular formula is C18H27N3O2. The average molecular weight is 317 g/mol. The molecule has 1 aliphatic rings. The van der Waals surface area contributed by atoms with Gasteiger partial charge in [-0.25, -0.2) is 10.5 Å². The molecule has 0 atom stereocenters. The number of nitrogens with zero attached hydrogens (tertiary/aromatic N) is 2. The summed E-state index contributed by atoms with van der Waals surface area (Å²) < 4.78 is 11.6. The van der Waals surface area contributed by atoms with Crippen molar-refractivity contribution in [3.8, 4) is 0 Å². The van der Waals surface area contributed by atoms with Crippen LogP contribution in [0.1, 0.15) is 45.1 Å². The smallest absolute Gasteiger partial charge is 0.245 e. The first-order chi connectivity index (χ1) is 11.3. The van der Waals surface area contributed by atoms with Gasteiger partial charge in [-0.05, 0) is 18.9 Å². The topological polar surface area (TPSA) is 46.1 Å². The molecule has 0 radical (unpaired) electrons. The molecule has 23 heavy (non-hydrogen) atoms. The Morgan fingerprint density at radius 2 is 1.87 bits per heavy atom. The Balaban J connectivity index is 2.25. The summed E-state index contributed by atoms with van der Waals surface area (Å²) >= 11 is 0. The number of hydrazone groups is 1. The Hall–Kier alpha value is -2.17. The van der Waals surface area contributed by atoms with Crippen LogP contribution in [0.2, 0.25) is 0 Å². The van der Waals surface area contributed by atoms with E-state index in [9.17, 15) is 0 Å². The number of rotatable bonds is 8. The first-order valence-electron chi connectivity index (χ1n) is 8.39. The van der Waals surface area contributed by atoms with Crippen LogP contribution < -0.4 is 5.53 Å². The number of hydrogen-bond acceptors (Lipinski definition) is 5. The van der Waals surface area contributed by atoms with Crippen LogP contribution in [0.4, 0.5) is 0 Å². The molecule has 0 fully saturated rings. The molecule has 0 spiro atoms. The first kappa shape index (κ1) is 17.2. The lowest BCUT2D eigenvalue weighted by Crippen LogP contribution is -2.40. The van der Waals surface area contributed by atoms with Gasteiger partial charge >= 0.3 is 0 Å². The van der Waals surface area contributed by atoms with E-state index in [-0.39, 0.29) is 0 Å². The third kappa shape index (κ3) is 4.41. The van der Waals surface area contributed by atoms with Gasteiger partial charge in [0.25, 0.3) is 0 Å². The molecular weight excluding hydrogens is 290 g/mol. The maximum absolute atomic E-state index is 6.11. The molecule has 1 aromatic rings. The van der Waals surface area contributed by atoms with E-state index in [2.05, 4.69) is 24.5 Å². The van der Waals surface area contributed by atoms with Gasteiger partial charge in [0, 0.05) is 6.54 Å². The van der Waals surface area contributed by atoms with E-state index >= 15 is 0 Å². The molecule has 0 aromatic heterocycles. The van der Waals surface area contributed by atoms with E-state index in [1.807, 2.05) is 35.3 Å². The number of nitrogens with one attached hydrogen (secondary N) is 1. The maximum Gasteiger partial charge on any atom is 0.245 e. The Kier molecular flexibility index (Phi) is 6.78. The zero-order valence-electron chi connectivity index (χ0n) is 14.3. The normalized spacial score (nSPS) is 14.4. The van der Waals surface area contributed by atoms with Crippen LogP contribution in [0.3, 0.4) is 0 Å².